The van der Waals surface area contributed by atoms with Crippen LogP contribution in [-0.2, 0) is 16.0 Å². The molecule has 2 aliphatic rings. The number of urea groups is 1. The van der Waals surface area contributed by atoms with Crippen molar-refractivity contribution in [1.29, 1.82) is 0 Å². The highest BCUT2D eigenvalue weighted by Gasteiger charge is 2.24. The first kappa shape index (κ1) is 33.8. The van der Waals surface area contributed by atoms with Crippen LogP contribution in [0.5, 0.6) is 17.2 Å². The molecule has 0 spiro atoms. The smallest absolute Gasteiger partial charge is 0.339 e. The lowest BCUT2D eigenvalue weighted by Gasteiger charge is -2.30. The molecule has 0 bridgehead atoms. The number of aryl methyl sites for hydroxylation is 1. The average molecular weight is 648 g/mol. The van der Waals surface area contributed by atoms with E-state index < -0.39 is 17.7 Å². The maximum Gasteiger partial charge on any atom is 0.339 e. The van der Waals surface area contributed by atoms with Crippen LogP contribution >= 0.6 is 0 Å². The van der Waals surface area contributed by atoms with Crippen LogP contribution in [-0.4, -0.2) is 82.0 Å². The van der Waals surface area contributed by atoms with Gasteiger partial charge in [0.15, 0.2) is 11.5 Å². The van der Waals surface area contributed by atoms with E-state index >= 15 is 0 Å². The zero-order valence-corrected chi connectivity index (χ0v) is 27.8. The van der Waals surface area contributed by atoms with Gasteiger partial charge >= 0.3 is 17.6 Å². The zero-order valence-electron chi connectivity index (χ0n) is 27.8. The molecule has 1 unspecified atom stereocenters. The Hall–Kier alpha value is -4.51. The Morgan fingerprint density at radius 3 is 2.21 bits per heavy atom. The van der Waals surface area contributed by atoms with Gasteiger partial charge in [-0.2, -0.15) is 0 Å². The van der Waals surface area contributed by atoms with Gasteiger partial charge in [0.25, 0.3) is 0 Å². The number of likely N-dealkylation sites (tertiary alicyclic amines) is 2. The number of nitrogens with zero attached hydrogens (tertiary/aromatic N) is 2. The van der Waals surface area contributed by atoms with Gasteiger partial charge in [-0.1, -0.05) is 6.42 Å². The molecule has 1 atom stereocenters. The van der Waals surface area contributed by atoms with E-state index in [1.54, 1.807) is 24.3 Å². The van der Waals surface area contributed by atoms with Gasteiger partial charge in [-0.25, -0.2) is 14.4 Å². The van der Waals surface area contributed by atoms with E-state index in [1.165, 1.54) is 33.8 Å². The Kier molecular flexibility index (Phi) is 11.4. The minimum atomic E-state index is -0.577. The average Bonchev–Trinajstić information content (AvgIpc) is 3.09. The Bertz CT molecular complexity index is 1630. The molecule has 5 rings (SSSR count). The monoisotopic (exact) mass is 647 g/mol. The third kappa shape index (κ3) is 8.45. The van der Waals surface area contributed by atoms with Crippen molar-refractivity contribution < 1.29 is 33.0 Å². The van der Waals surface area contributed by atoms with Crippen molar-refractivity contribution in [2.24, 2.45) is 0 Å². The van der Waals surface area contributed by atoms with E-state index in [2.05, 4.69) is 10.2 Å². The molecule has 0 aliphatic carbocycles. The van der Waals surface area contributed by atoms with Gasteiger partial charge in [0, 0.05) is 54.8 Å². The minimum absolute atomic E-state index is 0.151. The van der Waals surface area contributed by atoms with Crippen LogP contribution in [0.2, 0.25) is 0 Å². The van der Waals surface area contributed by atoms with E-state index in [0.29, 0.717) is 46.2 Å². The molecular weight excluding hydrogens is 602 g/mol. The summed E-state index contributed by atoms with van der Waals surface area (Å²) in [7, 11) is 4.59. The lowest BCUT2D eigenvalue weighted by Crippen LogP contribution is -2.40. The number of hydrogen-bond donors (Lipinski definition) is 1. The van der Waals surface area contributed by atoms with Crippen molar-refractivity contribution >= 4 is 34.7 Å². The molecule has 3 aromatic rings. The standard InChI is InChI=1S/C36H45N3O8/c1-24-28-13-12-26(37-36(42)39-17-9-6-10-18-39)21-30(28)47-35(41)29(24)22-27(23-38-15-7-5-8-16-38)46-33(40)14-11-25-19-31(43-2)34(45-4)32(20-25)44-3/h11-14,19-21,27H,5-10,15-18,22-23H2,1-4H3,(H,37,42). The molecule has 0 radical (unpaired) electrons. The molecule has 11 nitrogen and oxygen atoms in total. The fraction of sp³-hybridized carbons (Fsp3) is 0.472. The second kappa shape index (κ2) is 15.9. The number of benzene rings is 2. The Labute approximate surface area is 275 Å². The fourth-order valence-electron chi connectivity index (χ4n) is 6.37. The summed E-state index contributed by atoms with van der Waals surface area (Å²) in [6.07, 6.45) is 9.08. The van der Waals surface area contributed by atoms with E-state index in [-0.39, 0.29) is 12.5 Å². The number of ether oxygens (including phenoxy) is 4. The van der Waals surface area contributed by atoms with Gasteiger partial charge in [0.1, 0.15) is 11.7 Å². The first-order valence-corrected chi connectivity index (χ1v) is 16.3. The quantitative estimate of drug-likeness (QED) is 0.156. The number of carbonyl (C=O) groups is 2. The third-order valence-electron chi connectivity index (χ3n) is 8.91. The van der Waals surface area contributed by atoms with Crippen LogP contribution in [0, 0.1) is 6.92 Å². The van der Waals surface area contributed by atoms with Crippen LogP contribution in [0.15, 0.2) is 45.6 Å². The van der Waals surface area contributed by atoms with Gasteiger partial charge < -0.3 is 33.6 Å². The van der Waals surface area contributed by atoms with E-state index in [1.807, 2.05) is 24.0 Å². The summed E-state index contributed by atoms with van der Waals surface area (Å²) in [6, 6.07) is 8.69. The normalized spacial score (nSPS) is 16.2. The number of esters is 1. The van der Waals surface area contributed by atoms with Crippen LogP contribution in [0.3, 0.4) is 0 Å². The second-order valence-corrected chi connectivity index (χ2v) is 12.1. The highest BCUT2D eigenvalue weighted by molar-refractivity contribution is 5.93. The molecule has 1 N–H and O–H groups in total. The van der Waals surface area contributed by atoms with E-state index in [4.69, 9.17) is 23.4 Å². The van der Waals surface area contributed by atoms with Gasteiger partial charge in [-0.05, 0) is 93.6 Å². The summed E-state index contributed by atoms with van der Waals surface area (Å²) in [6.45, 7) is 5.67. The molecule has 2 saturated heterocycles. The van der Waals surface area contributed by atoms with Gasteiger partial charge in [-0.3, -0.25) is 4.90 Å². The SMILES string of the molecule is COc1cc(C=CC(=O)OC(Cc2c(C)c3ccc(NC(=O)N4CCCCC4)cc3oc2=O)CN2CCCCC2)cc(OC)c1OC. The molecule has 2 aliphatic heterocycles. The molecule has 2 aromatic carbocycles. The number of fused-ring (bicyclic) bond motifs is 1. The molecule has 0 saturated carbocycles. The summed E-state index contributed by atoms with van der Waals surface area (Å²) in [4.78, 5) is 43.3. The molecule has 3 heterocycles. The Balaban J connectivity index is 1.35. The molecule has 2 fully saturated rings. The summed E-state index contributed by atoms with van der Waals surface area (Å²) in [5.74, 6) is 0.868. The predicted molar refractivity (Wildman–Crippen MR) is 181 cm³/mol. The number of carbonyl (C=O) groups excluding carboxylic acids is 2. The number of methoxy groups -OCH3 is 3. The van der Waals surface area contributed by atoms with Crippen LogP contribution in [0.25, 0.3) is 17.0 Å². The number of amides is 2. The van der Waals surface area contributed by atoms with E-state index in [0.717, 1.165) is 69.2 Å². The van der Waals surface area contributed by atoms with Crippen LogP contribution in [0.1, 0.15) is 55.2 Å². The zero-order chi connectivity index (χ0) is 33.3. The van der Waals surface area contributed by atoms with Crippen LogP contribution in [0.4, 0.5) is 10.5 Å². The summed E-state index contributed by atoms with van der Waals surface area (Å²) >= 11 is 0. The van der Waals surface area contributed by atoms with Crippen molar-refractivity contribution in [1.82, 2.24) is 9.80 Å². The van der Waals surface area contributed by atoms with Gasteiger partial charge in [0.05, 0.1) is 21.3 Å². The van der Waals surface area contributed by atoms with Crippen molar-refractivity contribution in [2.75, 3.05) is 59.4 Å². The predicted octanol–water partition coefficient (Wildman–Crippen LogP) is 5.80. The van der Waals surface area contributed by atoms with Gasteiger partial charge in [0.2, 0.25) is 5.75 Å². The number of anilines is 1. The number of nitrogens with one attached hydrogen (secondary N) is 1. The fourth-order valence-corrected chi connectivity index (χ4v) is 6.37. The van der Waals surface area contributed by atoms with Crippen molar-refractivity contribution in [3.05, 3.63) is 63.5 Å². The third-order valence-corrected chi connectivity index (χ3v) is 8.91. The Morgan fingerprint density at radius 1 is 0.915 bits per heavy atom. The molecular formula is C36H45N3O8. The highest BCUT2D eigenvalue weighted by Crippen LogP contribution is 2.38. The lowest BCUT2D eigenvalue weighted by molar-refractivity contribution is -0.143. The first-order chi connectivity index (χ1) is 22.8. The van der Waals surface area contributed by atoms with Gasteiger partial charge in [-0.15, -0.1) is 0 Å². The first-order valence-electron chi connectivity index (χ1n) is 16.3. The molecule has 47 heavy (non-hydrogen) atoms. The van der Waals surface area contributed by atoms with Crippen molar-refractivity contribution in [2.45, 2.75) is 58.0 Å². The highest BCUT2D eigenvalue weighted by atomic mass is 16.5. The number of hydrogen-bond acceptors (Lipinski definition) is 9. The lowest BCUT2D eigenvalue weighted by atomic mass is 10.00. The topological polar surface area (TPSA) is 120 Å². The largest absolute Gasteiger partial charge is 0.493 e. The minimum Gasteiger partial charge on any atom is -0.493 e. The number of piperidine rings is 2. The summed E-state index contributed by atoms with van der Waals surface area (Å²) < 4.78 is 28.0. The number of rotatable bonds is 11. The van der Waals surface area contributed by atoms with E-state index in [9.17, 15) is 14.4 Å². The van der Waals surface area contributed by atoms with Crippen molar-refractivity contribution in [3.63, 3.8) is 0 Å². The molecule has 1 aromatic heterocycles. The maximum atomic E-state index is 13.4. The maximum absolute atomic E-state index is 13.4. The van der Waals surface area contributed by atoms with Crippen LogP contribution < -0.4 is 25.2 Å². The summed E-state index contributed by atoms with van der Waals surface area (Å²) in [5, 5.41) is 3.70. The summed E-state index contributed by atoms with van der Waals surface area (Å²) in [5.41, 5.74) is 2.37. The molecule has 11 heteroatoms. The van der Waals surface area contributed by atoms with Crippen molar-refractivity contribution in [3.8, 4) is 17.2 Å². The molecule has 252 valence electrons. The Morgan fingerprint density at radius 2 is 1.57 bits per heavy atom. The molecule has 2 amide bonds. The second-order valence-electron chi connectivity index (χ2n) is 12.1.